The van der Waals surface area contributed by atoms with Crippen LogP contribution in [0.2, 0.25) is 4.34 Å². The largest absolute Gasteiger partial charge is 0.389 e. The van der Waals surface area contributed by atoms with Crippen molar-refractivity contribution in [1.29, 1.82) is 0 Å². The summed E-state index contributed by atoms with van der Waals surface area (Å²) in [5.74, 6) is 0. The lowest BCUT2D eigenvalue weighted by molar-refractivity contribution is 0.0572. The average Bonchev–Trinajstić information content (AvgIpc) is 2.74. The van der Waals surface area contributed by atoms with Gasteiger partial charge in [-0.05, 0) is 18.6 Å². The van der Waals surface area contributed by atoms with Gasteiger partial charge in [0.25, 0.3) is 10.0 Å². The van der Waals surface area contributed by atoms with Crippen LogP contribution in [0, 0.1) is 6.92 Å². The molecule has 0 bridgehead atoms. The van der Waals surface area contributed by atoms with Crippen LogP contribution in [0.5, 0.6) is 0 Å². The molecule has 1 aliphatic heterocycles. The van der Waals surface area contributed by atoms with E-state index in [1.807, 2.05) is 0 Å². The molecule has 0 saturated carbocycles. The maximum absolute atomic E-state index is 12.1. The summed E-state index contributed by atoms with van der Waals surface area (Å²) in [6.07, 6.45) is -2.05. The monoisotopic (exact) mass is 297 g/mol. The average molecular weight is 298 g/mol. The second-order valence-electron chi connectivity index (χ2n) is 3.98. The number of aliphatic hydroxyl groups is 2. The summed E-state index contributed by atoms with van der Waals surface area (Å²) in [6, 6.07) is 1.50. The lowest BCUT2D eigenvalue weighted by atomic mass is 10.3. The summed E-state index contributed by atoms with van der Waals surface area (Å²) in [6.45, 7) is 1.56. The standard InChI is InChI=1S/C9H12ClNO4S2/c1-5-2-8(16-9(5)10)17(14,15)11-3-6(12)7(13)4-11/h2,6-7,12-13H,3-4H2,1H3. The summed E-state index contributed by atoms with van der Waals surface area (Å²) >= 11 is 6.82. The number of halogens is 1. The number of rotatable bonds is 2. The normalized spacial score (nSPS) is 26.6. The lowest BCUT2D eigenvalue weighted by Crippen LogP contribution is -2.29. The Bertz CT molecular complexity index is 498. The molecule has 1 saturated heterocycles. The van der Waals surface area contributed by atoms with Crippen molar-refractivity contribution in [2.75, 3.05) is 13.1 Å². The van der Waals surface area contributed by atoms with E-state index in [0.717, 1.165) is 15.6 Å². The number of hydrogen-bond donors (Lipinski definition) is 2. The van der Waals surface area contributed by atoms with Crippen molar-refractivity contribution in [2.24, 2.45) is 0 Å². The fourth-order valence-electron chi connectivity index (χ4n) is 1.62. The Labute approximate surface area is 108 Å². The molecule has 0 aliphatic carbocycles. The summed E-state index contributed by atoms with van der Waals surface area (Å²) in [4.78, 5) is 0. The second kappa shape index (κ2) is 4.49. The van der Waals surface area contributed by atoms with Crippen LogP contribution < -0.4 is 0 Å². The molecule has 2 unspecified atom stereocenters. The zero-order chi connectivity index (χ0) is 12.8. The van der Waals surface area contributed by atoms with Gasteiger partial charge in [-0.15, -0.1) is 11.3 Å². The van der Waals surface area contributed by atoms with Crippen LogP contribution >= 0.6 is 22.9 Å². The van der Waals surface area contributed by atoms with E-state index >= 15 is 0 Å². The maximum Gasteiger partial charge on any atom is 0.252 e. The topological polar surface area (TPSA) is 77.8 Å². The van der Waals surface area contributed by atoms with E-state index in [1.54, 1.807) is 6.92 Å². The predicted octanol–water partition coefficient (Wildman–Crippen LogP) is 0.436. The third kappa shape index (κ3) is 2.35. The molecular weight excluding hydrogens is 286 g/mol. The van der Waals surface area contributed by atoms with Gasteiger partial charge in [0.2, 0.25) is 0 Å². The fraction of sp³-hybridized carbons (Fsp3) is 0.556. The zero-order valence-corrected chi connectivity index (χ0v) is 11.4. The molecule has 2 rings (SSSR count). The van der Waals surface area contributed by atoms with Crippen molar-refractivity contribution in [3.05, 3.63) is 16.0 Å². The van der Waals surface area contributed by atoms with E-state index in [4.69, 9.17) is 11.6 Å². The number of nitrogens with zero attached hydrogens (tertiary/aromatic N) is 1. The van der Waals surface area contributed by atoms with E-state index in [2.05, 4.69) is 0 Å². The Morgan fingerprint density at radius 2 is 1.94 bits per heavy atom. The van der Waals surface area contributed by atoms with Crippen LogP contribution in [-0.4, -0.2) is 48.2 Å². The second-order valence-corrected chi connectivity index (χ2v) is 7.80. The van der Waals surface area contributed by atoms with Gasteiger partial charge in [0.1, 0.15) is 4.21 Å². The Balaban J connectivity index is 2.31. The number of aryl methyl sites for hydroxylation is 1. The highest BCUT2D eigenvalue weighted by Crippen LogP contribution is 2.33. The van der Waals surface area contributed by atoms with Gasteiger partial charge in [0.15, 0.2) is 0 Å². The minimum Gasteiger partial charge on any atom is -0.389 e. The van der Waals surface area contributed by atoms with Crippen molar-refractivity contribution >= 4 is 33.0 Å². The Morgan fingerprint density at radius 1 is 1.41 bits per heavy atom. The summed E-state index contributed by atoms with van der Waals surface area (Å²) in [5.41, 5.74) is 0.704. The molecule has 0 amide bonds. The van der Waals surface area contributed by atoms with Gasteiger partial charge in [0.05, 0.1) is 16.5 Å². The lowest BCUT2D eigenvalue weighted by Gasteiger charge is -2.13. The first-order valence-electron chi connectivity index (χ1n) is 4.94. The number of thiophene rings is 1. The van der Waals surface area contributed by atoms with Crippen LogP contribution in [0.15, 0.2) is 10.3 Å². The number of β-amino-alcohol motifs (C(OH)–C–C–N with tert-alkyl or cyclic N) is 2. The highest BCUT2D eigenvalue weighted by atomic mass is 35.5. The quantitative estimate of drug-likeness (QED) is 0.830. The Kier molecular flexibility index (Phi) is 3.50. The third-order valence-electron chi connectivity index (χ3n) is 2.65. The molecule has 1 aromatic heterocycles. The van der Waals surface area contributed by atoms with Crippen molar-refractivity contribution in [3.63, 3.8) is 0 Å². The van der Waals surface area contributed by atoms with Crippen molar-refractivity contribution in [3.8, 4) is 0 Å². The maximum atomic E-state index is 12.1. The molecule has 0 radical (unpaired) electrons. The minimum absolute atomic E-state index is 0.0853. The van der Waals surface area contributed by atoms with Crippen LogP contribution in [0.4, 0.5) is 0 Å². The van der Waals surface area contributed by atoms with E-state index < -0.39 is 22.2 Å². The van der Waals surface area contributed by atoms with Gasteiger partial charge in [-0.2, -0.15) is 4.31 Å². The van der Waals surface area contributed by atoms with Gasteiger partial charge < -0.3 is 10.2 Å². The van der Waals surface area contributed by atoms with Crippen LogP contribution in [0.3, 0.4) is 0 Å². The van der Waals surface area contributed by atoms with E-state index in [-0.39, 0.29) is 17.3 Å². The van der Waals surface area contributed by atoms with Crippen molar-refractivity contribution in [2.45, 2.75) is 23.3 Å². The molecule has 8 heteroatoms. The molecule has 17 heavy (non-hydrogen) atoms. The molecule has 1 aliphatic rings. The molecule has 2 N–H and O–H groups in total. The van der Waals surface area contributed by atoms with Crippen molar-refractivity contribution < 1.29 is 18.6 Å². The summed E-state index contributed by atoms with van der Waals surface area (Å²) < 4.78 is 25.9. The molecule has 2 heterocycles. The van der Waals surface area contributed by atoms with Gasteiger partial charge >= 0.3 is 0 Å². The summed E-state index contributed by atoms with van der Waals surface area (Å²) in [5, 5.41) is 18.7. The van der Waals surface area contributed by atoms with Gasteiger partial charge in [-0.3, -0.25) is 0 Å². The first-order chi connectivity index (χ1) is 7.82. The molecular formula is C9H12ClNO4S2. The first-order valence-corrected chi connectivity index (χ1v) is 7.58. The number of aliphatic hydroxyl groups excluding tert-OH is 2. The smallest absolute Gasteiger partial charge is 0.252 e. The summed E-state index contributed by atoms with van der Waals surface area (Å²) in [7, 11) is -3.66. The van der Waals surface area contributed by atoms with Gasteiger partial charge in [0, 0.05) is 13.1 Å². The van der Waals surface area contributed by atoms with Crippen molar-refractivity contribution in [1.82, 2.24) is 4.31 Å². The van der Waals surface area contributed by atoms with E-state index in [1.165, 1.54) is 6.07 Å². The molecule has 5 nitrogen and oxygen atoms in total. The fourth-order valence-corrected chi connectivity index (χ4v) is 4.96. The van der Waals surface area contributed by atoms with E-state index in [9.17, 15) is 18.6 Å². The van der Waals surface area contributed by atoms with Crippen LogP contribution in [-0.2, 0) is 10.0 Å². The molecule has 96 valence electrons. The molecule has 0 aromatic carbocycles. The van der Waals surface area contributed by atoms with Gasteiger partial charge in [-0.25, -0.2) is 8.42 Å². The highest BCUT2D eigenvalue weighted by Gasteiger charge is 2.38. The Morgan fingerprint density at radius 3 is 2.35 bits per heavy atom. The third-order valence-corrected chi connectivity index (χ3v) is 6.49. The number of sulfonamides is 1. The SMILES string of the molecule is Cc1cc(S(=O)(=O)N2CC(O)C(O)C2)sc1Cl. The Hall–Kier alpha value is -0.180. The first kappa shape index (κ1) is 13.3. The molecule has 1 aromatic rings. The molecule has 0 spiro atoms. The minimum atomic E-state index is -3.66. The predicted molar refractivity (Wildman–Crippen MR) is 64.8 cm³/mol. The van der Waals surface area contributed by atoms with Crippen LogP contribution in [0.25, 0.3) is 0 Å². The highest BCUT2D eigenvalue weighted by molar-refractivity contribution is 7.91. The molecule has 2 atom stereocenters. The molecule has 1 fully saturated rings. The van der Waals surface area contributed by atoms with Gasteiger partial charge in [-0.1, -0.05) is 11.6 Å². The van der Waals surface area contributed by atoms with E-state index in [0.29, 0.717) is 9.90 Å². The van der Waals surface area contributed by atoms with Crippen LogP contribution in [0.1, 0.15) is 5.56 Å². The number of hydrogen-bond acceptors (Lipinski definition) is 5. The zero-order valence-electron chi connectivity index (χ0n) is 9.00.